The molecule has 1 nitrogen and oxygen atoms in total. The molecule has 0 saturated heterocycles. The average Bonchev–Trinajstić information content (AvgIpc) is 2.30. The molecule has 0 radical (unpaired) electrons. The number of halogens is 3. The zero-order valence-electron chi connectivity index (χ0n) is 8.88. The lowest BCUT2D eigenvalue weighted by atomic mass is 10.2. The van der Waals surface area contributed by atoms with Crippen LogP contribution in [0.4, 0.5) is 10.1 Å². The van der Waals surface area contributed by atoms with E-state index in [0.717, 1.165) is 5.56 Å². The maximum absolute atomic E-state index is 13.4. The Morgan fingerprint density at radius 3 is 2.24 bits per heavy atom. The van der Waals surface area contributed by atoms with Gasteiger partial charge in [0.2, 0.25) is 0 Å². The number of nitrogens with one attached hydrogen (secondary N) is 1. The molecule has 0 spiro atoms. The molecule has 2 rings (SSSR count). The first-order valence-electron chi connectivity index (χ1n) is 5.08. The quantitative estimate of drug-likeness (QED) is 0.849. The molecule has 0 aliphatic rings. The molecular formula is C13H10Cl2FN. The SMILES string of the molecule is Fc1cc(Cl)ccc1NCc1ccc(Cl)cc1. The molecule has 0 aliphatic carbocycles. The van der Waals surface area contributed by atoms with Crippen molar-refractivity contribution >= 4 is 28.9 Å². The summed E-state index contributed by atoms with van der Waals surface area (Å²) in [5, 5.41) is 4.07. The van der Waals surface area contributed by atoms with E-state index in [9.17, 15) is 4.39 Å². The number of rotatable bonds is 3. The van der Waals surface area contributed by atoms with Crippen molar-refractivity contribution in [1.82, 2.24) is 0 Å². The zero-order chi connectivity index (χ0) is 12.3. The molecule has 17 heavy (non-hydrogen) atoms. The zero-order valence-corrected chi connectivity index (χ0v) is 10.4. The summed E-state index contributed by atoms with van der Waals surface area (Å²) >= 11 is 11.4. The molecule has 0 heterocycles. The summed E-state index contributed by atoms with van der Waals surface area (Å²) in [6, 6.07) is 11.9. The minimum Gasteiger partial charge on any atom is -0.379 e. The van der Waals surface area contributed by atoms with Crippen LogP contribution >= 0.6 is 23.2 Å². The van der Waals surface area contributed by atoms with Gasteiger partial charge in [-0.1, -0.05) is 35.3 Å². The van der Waals surface area contributed by atoms with Gasteiger partial charge in [0, 0.05) is 16.6 Å². The lowest BCUT2D eigenvalue weighted by Crippen LogP contribution is -2.01. The van der Waals surface area contributed by atoms with Crippen molar-refractivity contribution in [2.24, 2.45) is 0 Å². The van der Waals surface area contributed by atoms with Gasteiger partial charge in [-0.25, -0.2) is 4.39 Å². The Balaban J connectivity index is 2.04. The van der Waals surface area contributed by atoms with Crippen LogP contribution in [0.25, 0.3) is 0 Å². The largest absolute Gasteiger partial charge is 0.379 e. The van der Waals surface area contributed by atoms with Crippen LogP contribution in [0.3, 0.4) is 0 Å². The Morgan fingerprint density at radius 1 is 0.941 bits per heavy atom. The topological polar surface area (TPSA) is 12.0 Å². The maximum Gasteiger partial charge on any atom is 0.147 e. The fraction of sp³-hybridized carbons (Fsp3) is 0.0769. The van der Waals surface area contributed by atoms with Crippen molar-refractivity contribution in [2.75, 3.05) is 5.32 Å². The van der Waals surface area contributed by atoms with E-state index in [1.807, 2.05) is 12.1 Å². The Hall–Kier alpha value is -1.25. The lowest BCUT2D eigenvalue weighted by molar-refractivity contribution is 0.630. The summed E-state index contributed by atoms with van der Waals surface area (Å²) in [5.41, 5.74) is 1.47. The maximum atomic E-state index is 13.4. The standard InChI is InChI=1S/C13H10Cl2FN/c14-10-3-1-9(2-4-10)8-17-13-6-5-11(15)7-12(13)16/h1-7,17H,8H2. The van der Waals surface area contributed by atoms with Crippen LogP contribution in [-0.2, 0) is 6.54 Å². The first kappa shape index (κ1) is 12.2. The fourth-order valence-electron chi connectivity index (χ4n) is 1.43. The van der Waals surface area contributed by atoms with Crippen molar-refractivity contribution in [3.05, 3.63) is 63.9 Å². The highest BCUT2D eigenvalue weighted by Crippen LogP contribution is 2.19. The van der Waals surface area contributed by atoms with Gasteiger partial charge in [-0.3, -0.25) is 0 Å². The average molecular weight is 270 g/mol. The predicted molar refractivity (Wildman–Crippen MR) is 70.2 cm³/mol. The first-order chi connectivity index (χ1) is 8.15. The van der Waals surface area contributed by atoms with E-state index >= 15 is 0 Å². The molecule has 0 aromatic heterocycles. The molecule has 0 amide bonds. The third-order valence-corrected chi connectivity index (χ3v) is 2.81. The normalized spacial score (nSPS) is 10.3. The molecule has 0 fully saturated rings. The molecule has 88 valence electrons. The summed E-state index contributed by atoms with van der Waals surface area (Å²) in [6.45, 7) is 0.537. The van der Waals surface area contributed by atoms with Gasteiger partial charge in [0.15, 0.2) is 0 Å². The highest BCUT2D eigenvalue weighted by atomic mass is 35.5. The van der Waals surface area contributed by atoms with Crippen LogP contribution in [0.2, 0.25) is 10.0 Å². The second-order valence-corrected chi connectivity index (χ2v) is 4.48. The van der Waals surface area contributed by atoms with Gasteiger partial charge in [-0.2, -0.15) is 0 Å². The van der Waals surface area contributed by atoms with Crippen molar-refractivity contribution in [3.8, 4) is 0 Å². The lowest BCUT2D eigenvalue weighted by Gasteiger charge is -2.07. The molecular weight excluding hydrogens is 260 g/mol. The monoisotopic (exact) mass is 269 g/mol. The van der Waals surface area contributed by atoms with Crippen molar-refractivity contribution in [3.63, 3.8) is 0 Å². The van der Waals surface area contributed by atoms with Crippen molar-refractivity contribution in [2.45, 2.75) is 6.54 Å². The summed E-state index contributed by atoms with van der Waals surface area (Å²) in [7, 11) is 0. The minimum atomic E-state index is -0.355. The van der Waals surface area contributed by atoms with E-state index in [1.54, 1.807) is 24.3 Å². The summed E-state index contributed by atoms with van der Waals surface area (Å²) in [5.74, 6) is -0.355. The summed E-state index contributed by atoms with van der Waals surface area (Å²) in [4.78, 5) is 0. The van der Waals surface area contributed by atoms with E-state index in [1.165, 1.54) is 6.07 Å². The molecule has 0 unspecified atom stereocenters. The smallest absolute Gasteiger partial charge is 0.147 e. The number of hydrogen-bond acceptors (Lipinski definition) is 1. The summed E-state index contributed by atoms with van der Waals surface area (Å²) < 4.78 is 13.4. The van der Waals surface area contributed by atoms with Crippen molar-refractivity contribution in [1.29, 1.82) is 0 Å². The first-order valence-corrected chi connectivity index (χ1v) is 5.84. The van der Waals surface area contributed by atoms with Crippen LogP contribution in [0, 0.1) is 5.82 Å². The fourth-order valence-corrected chi connectivity index (χ4v) is 1.72. The van der Waals surface area contributed by atoms with E-state index in [-0.39, 0.29) is 5.82 Å². The minimum absolute atomic E-state index is 0.355. The molecule has 2 aromatic carbocycles. The van der Waals surface area contributed by atoms with E-state index < -0.39 is 0 Å². The van der Waals surface area contributed by atoms with Crippen LogP contribution in [-0.4, -0.2) is 0 Å². The molecule has 1 N–H and O–H groups in total. The molecule has 0 aliphatic heterocycles. The molecule has 0 bridgehead atoms. The van der Waals surface area contributed by atoms with E-state index in [0.29, 0.717) is 22.3 Å². The Morgan fingerprint density at radius 2 is 1.59 bits per heavy atom. The Bertz CT molecular complexity index is 511. The van der Waals surface area contributed by atoms with Crippen LogP contribution < -0.4 is 5.32 Å². The van der Waals surface area contributed by atoms with Gasteiger partial charge in [-0.15, -0.1) is 0 Å². The number of benzene rings is 2. The van der Waals surface area contributed by atoms with E-state index in [4.69, 9.17) is 23.2 Å². The third-order valence-electron chi connectivity index (χ3n) is 2.33. The second-order valence-electron chi connectivity index (χ2n) is 3.60. The number of hydrogen-bond donors (Lipinski definition) is 1. The Labute approximate surface area is 109 Å². The predicted octanol–water partition coefficient (Wildman–Crippen LogP) is 4.74. The summed E-state index contributed by atoms with van der Waals surface area (Å²) in [6.07, 6.45) is 0. The van der Waals surface area contributed by atoms with Gasteiger partial charge in [0.05, 0.1) is 5.69 Å². The van der Waals surface area contributed by atoms with Crippen LogP contribution in [0.1, 0.15) is 5.56 Å². The molecule has 2 aromatic rings. The Kier molecular flexibility index (Phi) is 3.87. The van der Waals surface area contributed by atoms with Gasteiger partial charge in [0.25, 0.3) is 0 Å². The second kappa shape index (κ2) is 5.39. The highest BCUT2D eigenvalue weighted by molar-refractivity contribution is 6.30. The van der Waals surface area contributed by atoms with E-state index in [2.05, 4.69) is 5.32 Å². The van der Waals surface area contributed by atoms with Gasteiger partial charge < -0.3 is 5.32 Å². The van der Waals surface area contributed by atoms with Crippen LogP contribution in [0.15, 0.2) is 42.5 Å². The van der Waals surface area contributed by atoms with Gasteiger partial charge in [-0.05, 0) is 35.9 Å². The van der Waals surface area contributed by atoms with Gasteiger partial charge >= 0.3 is 0 Å². The van der Waals surface area contributed by atoms with Gasteiger partial charge in [0.1, 0.15) is 5.82 Å². The molecule has 0 atom stereocenters. The van der Waals surface area contributed by atoms with Crippen LogP contribution in [0.5, 0.6) is 0 Å². The molecule has 0 saturated carbocycles. The highest BCUT2D eigenvalue weighted by Gasteiger charge is 2.02. The third kappa shape index (κ3) is 3.35. The number of anilines is 1. The van der Waals surface area contributed by atoms with Crippen molar-refractivity contribution < 1.29 is 4.39 Å². The molecule has 4 heteroatoms.